The highest BCUT2D eigenvalue weighted by atomic mass is 16.1. The van der Waals surface area contributed by atoms with Crippen LogP contribution in [0.4, 0.5) is 0 Å². The van der Waals surface area contributed by atoms with Gasteiger partial charge >= 0.3 is 0 Å². The molecule has 122 valence electrons. The van der Waals surface area contributed by atoms with Crippen LogP contribution in [0.25, 0.3) is 0 Å². The molecule has 1 aliphatic carbocycles. The van der Waals surface area contributed by atoms with Crippen molar-refractivity contribution in [2.75, 3.05) is 0 Å². The number of carbonyl (C=O) groups is 1. The summed E-state index contributed by atoms with van der Waals surface area (Å²) in [5, 5.41) is 0. The topological polar surface area (TPSA) is 17.1 Å². The van der Waals surface area contributed by atoms with Crippen molar-refractivity contribution < 1.29 is 4.79 Å². The van der Waals surface area contributed by atoms with Crippen LogP contribution in [0.2, 0.25) is 0 Å². The van der Waals surface area contributed by atoms with Crippen molar-refractivity contribution in [3.8, 4) is 0 Å². The molecule has 0 radical (unpaired) electrons. The molecule has 0 unspecified atom stereocenters. The Balaban J connectivity index is 2.04. The lowest BCUT2D eigenvalue weighted by atomic mass is 9.74. The fourth-order valence-corrected chi connectivity index (χ4v) is 3.94. The summed E-state index contributed by atoms with van der Waals surface area (Å²) in [5.41, 5.74) is 2.22. The Morgan fingerprint density at radius 1 is 0.864 bits per heavy atom. The van der Waals surface area contributed by atoms with Crippen LogP contribution in [-0.2, 0) is 6.42 Å². The molecule has 1 aliphatic rings. The third kappa shape index (κ3) is 4.00. The van der Waals surface area contributed by atoms with Crippen molar-refractivity contribution in [2.24, 2.45) is 5.41 Å². The number of hydrogen-bond acceptors (Lipinski definition) is 1. The molecule has 1 nitrogen and oxygen atoms in total. The molecule has 0 N–H and O–H groups in total. The number of carbonyl (C=O) groups excluding carboxylic acids is 1. The Hall–Kier alpha value is -1.11. The van der Waals surface area contributed by atoms with Crippen molar-refractivity contribution in [2.45, 2.75) is 84.5 Å². The van der Waals surface area contributed by atoms with Crippen LogP contribution < -0.4 is 0 Å². The molecule has 1 heteroatoms. The second-order valence-corrected chi connectivity index (χ2v) is 7.06. The molecule has 0 heterocycles. The maximum atomic E-state index is 13.0. The van der Waals surface area contributed by atoms with Crippen molar-refractivity contribution >= 4 is 5.78 Å². The lowest BCUT2D eigenvalue weighted by Gasteiger charge is -2.27. The molecule has 0 aliphatic heterocycles. The Morgan fingerprint density at radius 2 is 1.45 bits per heavy atom. The number of hydrogen-bond donors (Lipinski definition) is 0. The molecular weight excluding hydrogens is 268 g/mol. The molecule has 22 heavy (non-hydrogen) atoms. The summed E-state index contributed by atoms with van der Waals surface area (Å²) < 4.78 is 0. The Labute approximate surface area is 136 Å². The van der Waals surface area contributed by atoms with Crippen LogP contribution in [0.15, 0.2) is 24.3 Å². The highest BCUT2D eigenvalue weighted by molar-refractivity contribution is 6.04. The molecule has 2 rings (SSSR count). The van der Waals surface area contributed by atoms with E-state index in [-0.39, 0.29) is 5.41 Å². The van der Waals surface area contributed by atoms with Gasteiger partial charge in [-0.2, -0.15) is 0 Å². The van der Waals surface area contributed by atoms with Crippen LogP contribution in [0.5, 0.6) is 0 Å². The van der Waals surface area contributed by atoms with Crippen molar-refractivity contribution in [1.82, 2.24) is 0 Å². The Bertz CT molecular complexity index is 463. The van der Waals surface area contributed by atoms with E-state index in [0.717, 1.165) is 24.8 Å². The second-order valence-electron chi connectivity index (χ2n) is 7.06. The predicted molar refractivity (Wildman–Crippen MR) is 94.4 cm³/mol. The maximum absolute atomic E-state index is 13.0. The summed E-state index contributed by atoms with van der Waals surface area (Å²) >= 11 is 0. The van der Waals surface area contributed by atoms with Gasteiger partial charge in [0, 0.05) is 11.0 Å². The van der Waals surface area contributed by atoms with Gasteiger partial charge in [-0.05, 0) is 24.8 Å². The summed E-state index contributed by atoms with van der Waals surface area (Å²) in [5.74, 6) is 0.441. The van der Waals surface area contributed by atoms with E-state index < -0.39 is 0 Å². The first-order valence-corrected chi connectivity index (χ1v) is 9.36. The summed E-state index contributed by atoms with van der Waals surface area (Å²) in [7, 11) is 0. The monoisotopic (exact) mass is 300 g/mol. The van der Waals surface area contributed by atoms with Gasteiger partial charge in [-0.3, -0.25) is 4.79 Å². The van der Waals surface area contributed by atoms with Gasteiger partial charge in [0.1, 0.15) is 0 Å². The molecule has 1 aromatic carbocycles. The maximum Gasteiger partial charge on any atom is 0.169 e. The van der Waals surface area contributed by atoms with E-state index in [1.165, 1.54) is 56.9 Å². The van der Waals surface area contributed by atoms with E-state index in [1.54, 1.807) is 0 Å². The summed E-state index contributed by atoms with van der Waals surface area (Å²) in [6.45, 7) is 4.49. The molecule has 0 saturated carbocycles. The average molecular weight is 300 g/mol. The smallest absolute Gasteiger partial charge is 0.169 e. The molecule has 0 bridgehead atoms. The third-order valence-corrected chi connectivity index (χ3v) is 5.29. The minimum absolute atomic E-state index is 0.0782. The van der Waals surface area contributed by atoms with Crippen molar-refractivity contribution in [1.29, 1.82) is 0 Å². The van der Waals surface area contributed by atoms with Crippen molar-refractivity contribution in [3.63, 3.8) is 0 Å². The Morgan fingerprint density at radius 3 is 2.00 bits per heavy atom. The van der Waals surface area contributed by atoms with Gasteiger partial charge in [-0.25, -0.2) is 0 Å². The fourth-order valence-electron chi connectivity index (χ4n) is 3.94. The van der Waals surface area contributed by atoms with Gasteiger partial charge in [-0.1, -0.05) is 89.5 Å². The first-order valence-electron chi connectivity index (χ1n) is 9.36. The van der Waals surface area contributed by atoms with Crippen LogP contribution in [0.3, 0.4) is 0 Å². The normalized spacial score (nSPS) is 16.0. The van der Waals surface area contributed by atoms with Gasteiger partial charge in [0.05, 0.1) is 0 Å². The molecule has 0 fully saturated rings. The molecule has 0 amide bonds. The molecule has 0 atom stereocenters. The number of fused-ring (bicyclic) bond motifs is 1. The van der Waals surface area contributed by atoms with Gasteiger partial charge in [0.15, 0.2) is 5.78 Å². The number of benzene rings is 1. The summed E-state index contributed by atoms with van der Waals surface area (Å²) in [4.78, 5) is 13.0. The van der Waals surface area contributed by atoms with Crippen molar-refractivity contribution in [3.05, 3.63) is 35.4 Å². The molecule has 0 spiro atoms. The lowest BCUT2D eigenvalue weighted by Crippen LogP contribution is -2.28. The van der Waals surface area contributed by atoms with Crippen LogP contribution >= 0.6 is 0 Å². The van der Waals surface area contributed by atoms with Crippen LogP contribution in [0, 0.1) is 5.41 Å². The number of Topliss-reactive ketones (excluding diaryl/α,β-unsaturated/α-hetero) is 1. The zero-order valence-corrected chi connectivity index (χ0v) is 14.5. The molecule has 0 aromatic heterocycles. The van der Waals surface area contributed by atoms with E-state index in [4.69, 9.17) is 0 Å². The van der Waals surface area contributed by atoms with E-state index in [0.29, 0.717) is 5.78 Å². The third-order valence-electron chi connectivity index (χ3n) is 5.29. The zero-order valence-electron chi connectivity index (χ0n) is 14.5. The highest BCUT2D eigenvalue weighted by Crippen LogP contribution is 2.44. The SMILES string of the molecule is CCCCCCC1(CCCCCC)Cc2ccccc2C1=O. The minimum atomic E-state index is -0.0782. The quantitative estimate of drug-likeness (QED) is 0.460. The molecular formula is C21H32O. The Kier molecular flexibility index (Phi) is 6.67. The van der Waals surface area contributed by atoms with E-state index in [9.17, 15) is 4.79 Å². The number of rotatable bonds is 10. The number of ketones is 1. The molecule has 1 aromatic rings. The second kappa shape index (κ2) is 8.50. The average Bonchev–Trinajstić information content (AvgIpc) is 2.82. The predicted octanol–water partition coefficient (Wildman–Crippen LogP) is 6.35. The van der Waals surface area contributed by atoms with Crippen LogP contribution in [-0.4, -0.2) is 5.78 Å². The van der Waals surface area contributed by atoms with E-state index in [2.05, 4.69) is 26.0 Å². The first kappa shape index (κ1) is 17.2. The first-order chi connectivity index (χ1) is 10.7. The van der Waals surface area contributed by atoms with Gasteiger partial charge in [0.2, 0.25) is 0 Å². The van der Waals surface area contributed by atoms with Gasteiger partial charge in [-0.15, -0.1) is 0 Å². The lowest BCUT2D eigenvalue weighted by molar-refractivity contribution is 0.0778. The summed E-state index contributed by atoms with van der Waals surface area (Å²) in [6, 6.07) is 8.29. The largest absolute Gasteiger partial charge is 0.294 e. The fraction of sp³-hybridized carbons (Fsp3) is 0.667. The minimum Gasteiger partial charge on any atom is -0.294 e. The van der Waals surface area contributed by atoms with Crippen LogP contribution in [0.1, 0.15) is 94.0 Å². The number of unbranched alkanes of at least 4 members (excludes halogenated alkanes) is 6. The summed E-state index contributed by atoms with van der Waals surface area (Å²) in [6.07, 6.45) is 13.3. The van der Waals surface area contributed by atoms with Gasteiger partial charge in [0.25, 0.3) is 0 Å². The molecule has 0 saturated heterocycles. The standard InChI is InChI=1S/C21H32O/c1-3-5-7-11-15-21(16-12-8-6-4-2)17-18-13-9-10-14-19(18)20(21)22/h9-10,13-14H,3-8,11-12,15-17H2,1-2H3. The van der Waals surface area contributed by atoms with E-state index in [1.807, 2.05) is 12.1 Å². The van der Waals surface area contributed by atoms with E-state index >= 15 is 0 Å². The van der Waals surface area contributed by atoms with Gasteiger partial charge < -0.3 is 0 Å². The zero-order chi connectivity index (χ0) is 15.8. The highest BCUT2D eigenvalue weighted by Gasteiger charge is 2.43.